The summed E-state index contributed by atoms with van der Waals surface area (Å²) in [6, 6.07) is 5.58. The lowest BCUT2D eigenvalue weighted by Gasteiger charge is -2.38. The molecule has 0 aliphatic carbocycles. The molecule has 0 spiro atoms. The molecular weight excluding hydrogens is 572 g/mol. The molecule has 2 bridgehead atoms. The van der Waals surface area contributed by atoms with Crippen molar-refractivity contribution in [3.8, 4) is 6.01 Å². The molecule has 6 heterocycles. The van der Waals surface area contributed by atoms with E-state index in [1.54, 1.807) is 11.0 Å². The Hall–Kier alpha value is -1.87. The third kappa shape index (κ3) is 5.62. The number of benzene rings is 1. The third-order valence-electron chi connectivity index (χ3n) is 9.44. The first-order valence-corrected chi connectivity index (χ1v) is 16.3. The lowest BCUT2D eigenvalue weighted by Crippen LogP contribution is -2.52. The monoisotopic (exact) mass is 610 g/mol. The predicted molar refractivity (Wildman–Crippen MR) is 159 cm³/mol. The molecule has 0 amide bonds. The number of hydrogen-bond acceptors (Lipinski definition) is 7. The van der Waals surface area contributed by atoms with Crippen LogP contribution < -0.4 is 19.9 Å². The van der Waals surface area contributed by atoms with Gasteiger partial charge in [-0.2, -0.15) is 23.1 Å². The average Bonchev–Trinajstić information content (AvgIpc) is 3.65. The van der Waals surface area contributed by atoms with Crippen molar-refractivity contribution in [2.75, 3.05) is 55.8 Å². The smallest absolute Gasteiger partial charge is 0.419 e. The number of alkyl halides is 3. The van der Waals surface area contributed by atoms with Crippen LogP contribution in [0, 0.1) is 0 Å². The van der Waals surface area contributed by atoms with Gasteiger partial charge in [-0.15, -0.1) is 9.24 Å². The van der Waals surface area contributed by atoms with Crippen LogP contribution in [0.25, 0.3) is 0 Å². The Bertz CT molecular complexity index is 1240. The standard InChI is InChI=1S/C28H34ClF3N6O.CH5P/c29-21-4-1-5-23(24(21)28(30,31)32)36-13-8-20-22(16-36)34-26(39-17-27-9-2-11-38(27)12-3-10-27)35-25(20)37-14-18-6-7-19(15-37)33-18;1-2/h1,4-5,18-19,33H,2-3,6-17H2;2H2,1H3. The van der Waals surface area contributed by atoms with E-state index in [2.05, 4.69) is 24.4 Å². The SMILES string of the molecule is CP.FC(F)(F)c1c(Cl)cccc1N1CCc2c(nc(OCC34CCCN3CCC4)nc2N2CC3CCC(C2)N3)C1. The molecule has 4 fully saturated rings. The number of nitrogens with zero attached hydrogens (tertiary/aromatic N) is 5. The van der Waals surface area contributed by atoms with Gasteiger partial charge in [0, 0.05) is 37.3 Å². The van der Waals surface area contributed by atoms with Crippen LogP contribution in [0.3, 0.4) is 0 Å². The van der Waals surface area contributed by atoms with Crippen molar-refractivity contribution in [1.82, 2.24) is 20.2 Å². The van der Waals surface area contributed by atoms with Crippen LogP contribution in [0.4, 0.5) is 24.7 Å². The van der Waals surface area contributed by atoms with Crippen molar-refractivity contribution < 1.29 is 17.9 Å². The molecular formula is C29H39ClF3N6OP. The molecule has 0 radical (unpaired) electrons. The lowest BCUT2D eigenvalue weighted by molar-refractivity contribution is -0.137. The summed E-state index contributed by atoms with van der Waals surface area (Å²) in [6.45, 7) is 7.11. The molecule has 41 heavy (non-hydrogen) atoms. The summed E-state index contributed by atoms with van der Waals surface area (Å²) >= 11 is 6.06. The number of anilines is 2. The highest BCUT2D eigenvalue weighted by Gasteiger charge is 2.45. The van der Waals surface area contributed by atoms with E-state index in [0.29, 0.717) is 37.7 Å². The zero-order valence-corrected chi connectivity index (χ0v) is 25.4. The van der Waals surface area contributed by atoms with Crippen LogP contribution >= 0.6 is 20.8 Å². The number of rotatable bonds is 5. The molecule has 3 atom stereocenters. The van der Waals surface area contributed by atoms with Crippen molar-refractivity contribution in [3.05, 3.63) is 40.0 Å². The van der Waals surface area contributed by atoms with E-state index in [9.17, 15) is 13.2 Å². The number of piperazine rings is 1. The maximum Gasteiger partial charge on any atom is 0.419 e. The van der Waals surface area contributed by atoms with Gasteiger partial charge in [0.2, 0.25) is 0 Å². The van der Waals surface area contributed by atoms with Crippen LogP contribution in [-0.2, 0) is 19.1 Å². The summed E-state index contributed by atoms with van der Waals surface area (Å²) in [5, 5.41) is 3.39. The molecule has 12 heteroatoms. The summed E-state index contributed by atoms with van der Waals surface area (Å²) in [5.41, 5.74) is 1.13. The van der Waals surface area contributed by atoms with E-state index in [1.165, 1.54) is 25.0 Å². The summed E-state index contributed by atoms with van der Waals surface area (Å²) in [5.74, 6) is 0.891. The molecule has 224 valence electrons. The fourth-order valence-corrected chi connectivity index (χ4v) is 7.88. The Labute approximate surface area is 247 Å². The van der Waals surface area contributed by atoms with Gasteiger partial charge in [0.15, 0.2) is 0 Å². The van der Waals surface area contributed by atoms with Gasteiger partial charge in [0.1, 0.15) is 12.4 Å². The Morgan fingerprint density at radius 2 is 1.76 bits per heavy atom. The molecule has 7 rings (SSSR count). The maximum absolute atomic E-state index is 14.0. The quantitative estimate of drug-likeness (QED) is 0.470. The van der Waals surface area contributed by atoms with Gasteiger partial charge in [-0.05, 0) is 70.2 Å². The summed E-state index contributed by atoms with van der Waals surface area (Å²) in [4.78, 5) is 16.4. The molecule has 4 saturated heterocycles. The molecule has 2 aromatic rings. The fraction of sp³-hybridized carbons (Fsp3) is 0.655. The first kappa shape index (κ1) is 29.2. The molecule has 3 unspecified atom stereocenters. The Morgan fingerprint density at radius 3 is 2.44 bits per heavy atom. The average molecular weight is 611 g/mol. The van der Waals surface area contributed by atoms with Crippen LogP contribution in [0.5, 0.6) is 6.01 Å². The molecule has 1 aromatic carbocycles. The van der Waals surface area contributed by atoms with Crippen molar-refractivity contribution in [3.63, 3.8) is 0 Å². The minimum absolute atomic E-state index is 0.0576. The predicted octanol–water partition coefficient (Wildman–Crippen LogP) is 5.15. The van der Waals surface area contributed by atoms with Gasteiger partial charge >= 0.3 is 12.2 Å². The highest BCUT2D eigenvalue weighted by molar-refractivity contribution is 7.15. The largest absolute Gasteiger partial charge is 0.461 e. The molecule has 7 nitrogen and oxygen atoms in total. The van der Waals surface area contributed by atoms with Gasteiger partial charge in [-0.3, -0.25) is 4.90 Å². The van der Waals surface area contributed by atoms with Gasteiger partial charge in [-0.1, -0.05) is 24.3 Å². The molecule has 5 aliphatic rings. The minimum Gasteiger partial charge on any atom is -0.461 e. The summed E-state index contributed by atoms with van der Waals surface area (Å²) in [7, 11) is 2.42. The number of halogens is 4. The van der Waals surface area contributed by atoms with E-state index < -0.39 is 11.7 Å². The van der Waals surface area contributed by atoms with Crippen LogP contribution in [-0.4, -0.2) is 78.5 Å². The van der Waals surface area contributed by atoms with Gasteiger partial charge < -0.3 is 19.9 Å². The first-order valence-electron chi connectivity index (χ1n) is 14.8. The lowest BCUT2D eigenvalue weighted by atomic mass is 9.95. The summed E-state index contributed by atoms with van der Waals surface area (Å²) < 4.78 is 48.3. The van der Waals surface area contributed by atoms with E-state index >= 15 is 0 Å². The third-order valence-corrected chi connectivity index (χ3v) is 9.75. The van der Waals surface area contributed by atoms with Crippen molar-refractivity contribution in [1.29, 1.82) is 0 Å². The van der Waals surface area contributed by atoms with Gasteiger partial charge in [0.05, 0.1) is 34.1 Å². The molecule has 0 saturated carbocycles. The van der Waals surface area contributed by atoms with Crippen molar-refractivity contribution in [2.24, 2.45) is 0 Å². The normalized spacial score (nSPS) is 25.0. The first-order chi connectivity index (χ1) is 19.8. The molecule has 5 aliphatic heterocycles. The van der Waals surface area contributed by atoms with E-state index in [0.717, 1.165) is 68.9 Å². The number of ether oxygens (including phenoxy) is 1. The Kier molecular flexibility index (Phi) is 8.31. The second kappa shape index (κ2) is 11.7. The molecule has 1 aromatic heterocycles. The van der Waals surface area contributed by atoms with Crippen LogP contribution in [0.15, 0.2) is 18.2 Å². The van der Waals surface area contributed by atoms with Crippen LogP contribution in [0.1, 0.15) is 55.3 Å². The fourth-order valence-electron chi connectivity index (χ4n) is 7.61. The number of nitrogens with one attached hydrogen (secondary N) is 1. The minimum atomic E-state index is -4.55. The number of hydrogen-bond donors (Lipinski definition) is 1. The van der Waals surface area contributed by atoms with E-state index in [1.807, 2.05) is 6.66 Å². The molecule has 1 N–H and O–H groups in total. The maximum atomic E-state index is 14.0. The Morgan fingerprint density at radius 1 is 1.05 bits per heavy atom. The number of fused-ring (bicyclic) bond motifs is 4. The van der Waals surface area contributed by atoms with Crippen molar-refractivity contribution >= 4 is 32.3 Å². The van der Waals surface area contributed by atoms with Crippen LogP contribution in [0.2, 0.25) is 5.02 Å². The zero-order valence-electron chi connectivity index (χ0n) is 23.5. The number of aromatic nitrogens is 2. The Balaban J connectivity index is 0.00000148. The van der Waals surface area contributed by atoms with Gasteiger partial charge in [-0.25, -0.2) is 0 Å². The van der Waals surface area contributed by atoms with Gasteiger partial charge in [0.25, 0.3) is 0 Å². The summed E-state index contributed by atoms with van der Waals surface area (Å²) in [6.07, 6.45) is 2.92. The van der Waals surface area contributed by atoms with E-state index in [-0.39, 0.29) is 22.8 Å². The highest BCUT2D eigenvalue weighted by atomic mass is 35.5. The van der Waals surface area contributed by atoms with E-state index in [4.69, 9.17) is 26.3 Å². The second-order valence-electron chi connectivity index (χ2n) is 11.8. The zero-order chi connectivity index (χ0) is 28.8. The topological polar surface area (TPSA) is 56.8 Å². The van der Waals surface area contributed by atoms with Crippen molar-refractivity contribution in [2.45, 2.75) is 75.3 Å². The second-order valence-corrected chi connectivity index (χ2v) is 12.2. The highest BCUT2D eigenvalue weighted by Crippen LogP contribution is 2.43.